The Morgan fingerprint density at radius 2 is 1.67 bits per heavy atom. The van der Waals surface area contributed by atoms with Crippen molar-refractivity contribution >= 4 is 17.5 Å². The Morgan fingerprint density at radius 1 is 1.03 bits per heavy atom. The normalized spacial score (nSPS) is 11.6. The summed E-state index contributed by atoms with van der Waals surface area (Å²) in [6.07, 6.45) is 3.38. The highest BCUT2D eigenvalue weighted by molar-refractivity contribution is 6.04. The van der Waals surface area contributed by atoms with Crippen molar-refractivity contribution in [1.82, 2.24) is 9.88 Å². The number of pyridine rings is 1. The fourth-order valence-corrected chi connectivity index (χ4v) is 2.93. The molecule has 3 rings (SSSR count). The molecule has 154 valence electrons. The van der Waals surface area contributed by atoms with Gasteiger partial charge in [0.15, 0.2) is 0 Å². The molecule has 6 nitrogen and oxygen atoms in total. The van der Waals surface area contributed by atoms with Crippen molar-refractivity contribution in [2.45, 2.75) is 12.5 Å². The molecule has 0 saturated carbocycles. The fraction of sp³-hybridized carbons (Fsp3) is 0.174. The number of rotatable bonds is 7. The van der Waals surface area contributed by atoms with E-state index < -0.39 is 6.04 Å². The molecule has 7 heteroatoms. The molecule has 0 bridgehead atoms. The molecule has 0 aliphatic heterocycles. The number of likely N-dealkylation sites (N-methyl/N-ethyl adjacent to an activating group) is 1. The van der Waals surface area contributed by atoms with Crippen LogP contribution in [0.15, 0.2) is 73.1 Å². The minimum absolute atomic E-state index is 0.106. The second kappa shape index (κ2) is 9.76. The molecule has 1 heterocycles. The first-order chi connectivity index (χ1) is 14.4. The number of nitrogens with one attached hydrogen (secondary N) is 1. The van der Waals surface area contributed by atoms with E-state index in [1.165, 1.54) is 12.1 Å². The third-order valence-corrected chi connectivity index (χ3v) is 4.70. The van der Waals surface area contributed by atoms with Crippen LogP contribution in [0.4, 0.5) is 10.1 Å². The maximum atomic E-state index is 13.0. The number of benzene rings is 2. The third kappa shape index (κ3) is 5.71. The lowest BCUT2D eigenvalue weighted by Crippen LogP contribution is -2.35. The topological polar surface area (TPSA) is 88.3 Å². The lowest BCUT2D eigenvalue weighted by Gasteiger charge is -2.22. The van der Waals surface area contributed by atoms with Crippen LogP contribution in [0.3, 0.4) is 0 Å². The van der Waals surface area contributed by atoms with Gasteiger partial charge in [-0.25, -0.2) is 4.39 Å². The van der Waals surface area contributed by atoms with E-state index in [1.807, 2.05) is 0 Å². The number of halogens is 1. The minimum Gasteiger partial charge on any atom is -0.344 e. The summed E-state index contributed by atoms with van der Waals surface area (Å²) in [5.41, 5.74) is 8.97. The van der Waals surface area contributed by atoms with Crippen molar-refractivity contribution in [3.05, 3.63) is 95.6 Å². The Balaban J connectivity index is 1.55. The first-order valence-corrected chi connectivity index (χ1v) is 9.47. The van der Waals surface area contributed by atoms with Gasteiger partial charge in [0.1, 0.15) is 5.82 Å². The standard InChI is InChI=1S/C23H23FN4O2/c1-28(22(29)14-16-2-8-19(24)9-3-16)15-21(25)17-4-6-18(7-5-17)23(30)27-20-10-12-26-13-11-20/h2-13,21H,14-15,25H2,1H3,(H,26,27,30). The lowest BCUT2D eigenvalue weighted by molar-refractivity contribution is -0.129. The van der Waals surface area contributed by atoms with Crippen LogP contribution in [0.1, 0.15) is 27.5 Å². The van der Waals surface area contributed by atoms with E-state index >= 15 is 0 Å². The molecule has 1 unspecified atom stereocenters. The molecule has 0 aliphatic rings. The van der Waals surface area contributed by atoms with Crippen LogP contribution in [0.25, 0.3) is 0 Å². The molecule has 1 aromatic heterocycles. The number of carbonyl (C=O) groups is 2. The van der Waals surface area contributed by atoms with E-state index in [0.29, 0.717) is 17.8 Å². The molecule has 3 N–H and O–H groups in total. The van der Waals surface area contributed by atoms with Crippen molar-refractivity contribution in [1.29, 1.82) is 0 Å². The maximum absolute atomic E-state index is 13.0. The van der Waals surface area contributed by atoms with E-state index in [-0.39, 0.29) is 24.1 Å². The maximum Gasteiger partial charge on any atom is 0.255 e. The second-order valence-corrected chi connectivity index (χ2v) is 7.00. The Hall–Kier alpha value is -3.58. The van der Waals surface area contributed by atoms with E-state index in [0.717, 1.165) is 11.1 Å². The number of aromatic nitrogens is 1. The molecule has 0 radical (unpaired) electrons. The lowest BCUT2D eigenvalue weighted by atomic mass is 10.0. The van der Waals surface area contributed by atoms with Crippen molar-refractivity contribution in [2.75, 3.05) is 18.9 Å². The van der Waals surface area contributed by atoms with Crippen LogP contribution >= 0.6 is 0 Å². The van der Waals surface area contributed by atoms with Gasteiger partial charge in [0, 0.05) is 43.3 Å². The second-order valence-electron chi connectivity index (χ2n) is 7.00. The summed E-state index contributed by atoms with van der Waals surface area (Å²) in [5, 5.41) is 2.79. The van der Waals surface area contributed by atoms with Gasteiger partial charge in [-0.2, -0.15) is 0 Å². The Morgan fingerprint density at radius 3 is 2.30 bits per heavy atom. The van der Waals surface area contributed by atoms with E-state index in [1.54, 1.807) is 72.9 Å². The number of anilines is 1. The van der Waals surface area contributed by atoms with Gasteiger partial charge in [-0.15, -0.1) is 0 Å². The Bertz CT molecular complexity index is 992. The molecule has 30 heavy (non-hydrogen) atoms. The van der Waals surface area contributed by atoms with Crippen molar-refractivity contribution in [3.8, 4) is 0 Å². The fourth-order valence-electron chi connectivity index (χ4n) is 2.93. The predicted octanol–water partition coefficient (Wildman–Crippen LogP) is 3.17. The van der Waals surface area contributed by atoms with E-state index in [2.05, 4.69) is 10.3 Å². The van der Waals surface area contributed by atoms with Gasteiger partial charge in [0.05, 0.1) is 6.42 Å². The Labute approximate surface area is 174 Å². The number of nitrogens with zero attached hydrogens (tertiary/aromatic N) is 2. The zero-order chi connectivity index (χ0) is 21.5. The van der Waals surface area contributed by atoms with E-state index in [9.17, 15) is 14.0 Å². The van der Waals surface area contributed by atoms with Crippen LogP contribution in [-0.2, 0) is 11.2 Å². The zero-order valence-corrected chi connectivity index (χ0v) is 16.6. The van der Waals surface area contributed by atoms with Crippen molar-refractivity contribution in [2.24, 2.45) is 5.73 Å². The molecule has 0 aliphatic carbocycles. The number of hydrogen-bond donors (Lipinski definition) is 2. The Kier molecular flexibility index (Phi) is 6.87. The van der Waals surface area contributed by atoms with Gasteiger partial charge in [0.25, 0.3) is 5.91 Å². The van der Waals surface area contributed by atoms with Gasteiger partial charge in [-0.05, 0) is 47.5 Å². The monoisotopic (exact) mass is 406 g/mol. The molecule has 2 amide bonds. The summed E-state index contributed by atoms with van der Waals surface area (Å²) in [6, 6.07) is 15.8. The van der Waals surface area contributed by atoms with Crippen LogP contribution in [0, 0.1) is 5.82 Å². The molecule has 0 saturated heterocycles. The van der Waals surface area contributed by atoms with Gasteiger partial charge in [-0.3, -0.25) is 14.6 Å². The molecule has 0 spiro atoms. The number of amides is 2. The van der Waals surface area contributed by atoms with Gasteiger partial charge in [-0.1, -0.05) is 24.3 Å². The average molecular weight is 406 g/mol. The quantitative estimate of drug-likeness (QED) is 0.631. The van der Waals surface area contributed by atoms with Crippen LogP contribution in [0.2, 0.25) is 0 Å². The largest absolute Gasteiger partial charge is 0.344 e. The molecule has 0 fully saturated rings. The smallest absolute Gasteiger partial charge is 0.255 e. The van der Waals surface area contributed by atoms with Gasteiger partial charge in [0.2, 0.25) is 5.91 Å². The zero-order valence-electron chi connectivity index (χ0n) is 16.6. The van der Waals surface area contributed by atoms with Crippen LogP contribution in [-0.4, -0.2) is 35.3 Å². The average Bonchev–Trinajstić information content (AvgIpc) is 2.76. The molecular formula is C23H23FN4O2. The summed E-state index contributed by atoms with van der Waals surface area (Å²) in [7, 11) is 1.68. The third-order valence-electron chi connectivity index (χ3n) is 4.70. The number of hydrogen-bond acceptors (Lipinski definition) is 4. The van der Waals surface area contributed by atoms with Gasteiger partial charge < -0.3 is 16.0 Å². The minimum atomic E-state index is -0.399. The summed E-state index contributed by atoms with van der Waals surface area (Å²) in [5.74, 6) is -0.669. The van der Waals surface area contributed by atoms with Crippen LogP contribution < -0.4 is 11.1 Å². The number of carbonyl (C=O) groups excluding carboxylic acids is 2. The van der Waals surface area contributed by atoms with Crippen molar-refractivity contribution in [3.63, 3.8) is 0 Å². The highest BCUT2D eigenvalue weighted by Gasteiger charge is 2.15. The predicted molar refractivity (Wildman–Crippen MR) is 113 cm³/mol. The molecule has 2 aromatic carbocycles. The SMILES string of the molecule is CN(CC(N)c1ccc(C(=O)Nc2ccncc2)cc1)C(=O)Cc1ccc(F)cc1. The molecule has 3 aromatic rings. The van der Waals surface area contributed by atoms with E-state index in [4.69, 9.17) is 5.73 Å². The number of nitrogens with two attached hydrogens (primary N) is 1. The first kappa shape index (κ1) is 21.1. The molecule has 1 atom stereocenters. The van der Waals surface area contributed by atoms with Crippen LogP contribution in [0.5, 0.6) is 0 Å². The van der Waals surface area contributed by atoms with Gasteiger partial charge >= 0.3 is 0 Å². The highest BCUT2D eigenvalue weighted by atomic mass is 19.1. The summed E-state index contributed by atoms with van der Waals surface area (Å²) >= 11 is 0. The summed E-state index contributed by atoms with van der Waals surface area (Å²) < 4.78 is 13.0. The first-order valence-electron chi connectivity index (χ1n) is 9.47. The highest BCUT2D eigenvalue weighted by Crippen LogP contribution is 2.15. The van der Waals surface area contributed by atoms with Crippen molar-refractivity contribution < 1.29 is 14.0 Å². The summed E-state index contributed by atoms with van der Waals surface area (Å²) in [6.45, 7) is 0.322. The molecular weight excluding hydrogens is 383 g/mol. The summed E-state index contributed by atoms with van der Waals surface area (Å²) in [4.78, 5) is 30.2.